The van der Waals surface area contributed by atoms with E-state index in [4.69, 9.17) is 4.74 Å². The number of rotatable bonds is 5. The first-order valence-corrected chi connectivity index (χ1v) is 9.33. The number of hydrogen-bond donors (Lipinski definition) is 1. The van der Waals surface area contributed by atoms with Crippen LogP contribution >= 0.6 is 0 Å². The fourth-order valence-electron chi connectivity index (χ4n) is 3.65. The lowest BCUT2D eigenvalue weighted by molar-refractivity contribution is -0.152. The highest BCUT2D eigenvalue weighted by Crippen LogP contribution is 2.27. The molecule has 2 aliphatic heterocycles. The summed E-state index contributed by atoms with van der Waals surface area (Å²) in [6.45, 7) is -0.224. The van der Waals surface area contributed by atoms with Gasteiger partial charge in [-0.25, -0.2) is 4.79 Å². The predicted octanol–water partition coefficient (Wildman–Crippen LogP) is 1.68. The van der Waals surface area contributed by atoms with E-state index in [9.17, 15) is 24.3 Å². The highest BCUT2D eigenvalue weighted by atomic mass is 16.5. The number of aliphatic carboxylic acids is 1. The lowest BCUT2D eigenvalue weighted by atomic mass is 10.0. The Morgan fingerprint density at radius 2 is 1.60 bits per heavy atom. The zero-order chi connectivity index (χ0) is 21.3. The van der Waals surface area contributed by atoms with Crippen LogP contribution < -0.4 is 0 Å². The molecule has 0 saturated carbocycles. The van der Waals surface area contributed by atoms with E-state index in [2.05, 4.69) is 0 Å². The molecule has 8 nitrogen and oxygen atoms in total. The van der Waals surface area contributed by atoms with Gasteiger partial charge in [0, 0.05) is 12.6 Å². The number of fused-ring (bicyclic) bond motifs is 1. The van der Waals surface area contributed by atoms with E-state index in [0.717, 1.165) is 15.4 Å². The minimum absolute atomic E-state index is 0.0582. The van der Waals surface area contributed by atoms with Gasteiger partial charge < -0.3 is 9.84 Å². The van der Waals surface area contributed by atoms with Gasteiger partial charge >= 0.3 is 5.97 Å². The average molecular weight is 406 g/mol. The Kier molecular flexibility index (Phi) is 5.05. The van der Waals surface area contributed by atoms with E-state index in [1.807, 2.05) is 6.07 Å². The summed E-state index contributed by atoms with van der Waals surface area (Å²) in [4.78, 5) is 53.1. The standard InChI is InChI=1S/C22H18N2O6/c25-19-15-8-4-5-9-16(15)20(26)24(19)17(12-14-6-2-1-3-7-14)21(27)23-10-11-30-13-18(23)22(28)29/h1-11,17-18H,12-13H2,(H,28,29). The number of nitrogens with zero attached hydrogens (tertiary/aromatic N) is 2. The van der Waals surface area contributed by atoms with Crippen LogP contribution in [-0.4, -0.2) is 57.3 Å². The molecule has 0 saturated heterocycles. The van der Waals surface area contributed by atoms with Crippen molar-refractivity contribution in [1.82, 2.24) is 9.80 Å². The molecule has 0 aliphatic carbocycles. The van der Waals surface area contributed by atoms with E-state index in [0.29, 0.717) is 0 Å². The number of carboxylic acids is 1. The maximum atomic E-state index is 13.5. The second-order valence-electron chi connectivity index (χ2n) is 6.95. The molecule has 0 radical (unpaired) electrons. The van der Waals surface area contributed by atoms with Crippen LogP contribution in [0.2, 0.25) is 0 Å². The Morgan fingerprint density at radius 1 is 1.00 bits per heavy atom. The highest BCUT2D eigenvalue weighted by molar-refractivity contribution is 6.23. The van der Waals surface area contributed by atoms with Crippen molar-refractivity contribution in [3.63, 3.8) is 0 Å². The number of carbonyl (C=O) groups is 4. The number of benzene rings is 2. The Labute approximate surface area is 172 Å². The maximum Gasteiger partial charge on any atom is 0.330 e. The molecule has 2 heterocycles. The summed E-state index contributed by atoms with van der Waals surface area (Å²) < 4.78 is 5.04. The van der Waals surface area contributed by atoms with E-state index in [1.54, 1.807) is 36.4 Å². The molecule has 0 bridgehead atoms. The summed E-state index contributed by atoms with van der Waals surface area (Å²) in [5.41, 5.74) is 1.18. The molecule has 2 aromatic carbocycles. The molecule has 1 N–H and O–H groups in total. The molecular formula is C22H18N2O6. The van der Waals surface area contributed by atoms with Gasteiger partial charge in [0.1, 0.15) is 12.6 Å². The van der Waals surface area contributed by atoms with Crippen LogP contribution in [0.1, 0.15) is 26.3 Å². The first-order valence-electron chi connectivity index (χ1n) is 9.33. The fraction of sp³-hybridized carbons (Fsp3) is 0.182. The van der Waals surface area contributed by atoms with Crippen LogP contribution in [0.25, 0.3) is 0 Å². The summed E-state index contributed by atoms with van der Waals surface area (Å²) in [6, 6.07) is 12.8. The summed E-state index contributed by atoms with van der Waals surface area (Å²) >= 11 is 0. The maximum absolute atomic E-state index is 13.5. The SMILES string of the molecule is O=C(O)C1COC=CN1C(=O)C(Cc1ccccc1)N1C(=O)c2ccccc2C1=O. The predicted molar refractivity (Wildman–Crippen MR) is 104 cm³/mol. The van der Waals surface area contributed by atoms with Crippen LogP contribution in [-0.2, 0) is 20.7 Å². The van der Waals surface area contributed by atoms with Crippen molar-refractivity contribution in [3.05, 3.63) is 83.7 Å². The normalized spacial score (nSPS) is 18.7. The Bertz CT molecular complexity index is 1010. The van der Waals surface area contributed by atoms with Crippen LogP contribution in [0.3, 0.4) is 0 Å². The summed E-state index contributed by atoms with van der Waals surface area (Å²) in [5, 5.41) is 9.49. The third-order valence-corrected chi connectivity index (χ3v) is 5.14. The Hall–Kier alpha value is -3.94. The number of carbonyl (C=O) groups excluding carboxylic acids is 3. The van der Waals surface area contributed by atoms with Crippen molar-refractivity contribution < 1.29 is 29.0 Å². The minimum atomic E-state index is -1.25. The number of carboxylic acid groups (broad SMARTS) is 1. The average Bonchev–Trinajstić information content (AvgIpc) is 3.03. The van der Waals surface area contributed by atoms with Crippen molar-refractivity contribution in [1.29, 1.82) is 0 Å². The quantitative estimate of drug-likeness (QED) is 0.758. The molecule has 2 atom stereocenters. The van der Waals surface area contributed by atoms with Gasteiger partial charge in [0.15, 0.2) is 6.04 Å². The summed E-state index contributed by atoms with van der Waals surface area (Å²) in [7, 11) is 0. The van der Waals surface area contributed by atoms with Crippen LogP contribution in [0.4, 0.5) is 0 Å². The topological polar surface area (TPSA) is 104 Å². The van der Waals surface area contributed by atoms with Gasteiger partial charge in [-0.2, -0.15) is 0 Å². The summed E-state index contributed by atoms with van der Waals surface area (Å²) in [5.74, 6) is -3.06. The molecule has 0 fully saturated rings. The molecule has 2 aromatic rings. The molecule has 2 aliphatic rings. The van der Waals surface area contributed by atoms with Gasteiger partial charge in [0.2, 0.25) is 0 Å². The van der Waals surface area contributed by atoms with Crippen molar-refractivity contribution in [3.8, 4) is 0 Å². The summed E-state index contributed by atoms with van der Waals surface area (Å²) in [6.07, 6.45) is 2.50. The van der Waals surface area contributed by atoms with Crippen molar-refractivity contribution in [2.24, 2.45) is 0 Å². The van der Waals surface area contributed by atoms with Gasteiger partial charge in [-0.1, -0.05) is 42.5 Å². The Balaban J connectivity index is 1.74. The van der Waals surface area contributed by atoms with Crippen LogP contribution in [0.15, 0.2) is 67.1 Å². The molecule has 2 unspecified atom stereocenters. The molecule has 152 valence electrons. The molecule has 4 rings (SSSR count). The highest BCUT2D eigenvalue weighted by Gasteiger charge is 2.45. The van der Waals surface area contributed by atoms with Gasteiger partial charge in [-0.05, 0) is 17.7 Å². The third kappa shape index (κ3) is 3.32. The van der Waals surface area contributed by atoms with Gasteiger partial charge in [-0.3, -0.25) is 24.2 Å². The number of hydrogen-bond acceptors (Lipinski definition) is 5. The lowest BCUT2D eigenvalue weighted by Gasteiger charge is -2.34. The zero-order valence-corrected chi connectivity index (χ0v) is 15.8. The van der Waals surface area contributed by atoms with E-state index in [1.165, 1.54) is 24.6 Å². The van der Waals surface area contributed by atoms with Crippen LogP contribution in [0, 0.1) is 0 Å². The largest absolute Gasteiger partial charge is 0.497 e. The second-order valence-corrected chi connectivity index (χ2v) is 6.95. The first-order chi connectivity index (χ1) is 14.5. The van der Waals surface area contributed by atoms with Crippen molar-refractivity contribution in [2.45, 2.75) is 18.5 Å². The third-order valence-electron chi connectivity index (χ3n) is 5.14. The van der Waals surface area contributed by atoms with Crippen LogP contribution in [0.5, 0.6) is 0 Å². The molecule has 30 heavy (non-hydrogen) atoms. The van der Waals surface area contributed by atoms with E-state index >= 15 is 0 Å². The first kappa shape index (κ1) is 19.4. The monoisotopic (exact) mass is 406 g/mol. The van der Waals surface area contributed by atoms with E-state index < -0.39 is 35.8 Å². The van der Waals surface area contributed by atoms with Gasteiger partial charge in [0.05, 0.1) is 17.4 Å². The van der Waals surface area contributed by atoms with Crippen molar-refractivity contribution in [2.75, 3.05) is 6.61 Å². The number of ether oxygens (including phenoxy) is 1. The fourth-order valence-corrected chi connectivity index (χ4v) is 3.65. The molecular weight excluding hydrogens is 388 g/mol. The Morgan fingerprint density at radius 3 is 2.20 bits per heavy atom. The number of amides is 3. The van der Waals surface area contributed by atoms with E-state index in [-0.39, 0.29) is 24.2 Å². The number of imide groups is 1. The van der Waals surface area contributed by atoms with Crippen molar-refractivity contribution >= 4 is 23.7 Å². The zero-order valence-electron chi connectivity index (χ0n) is 15.8. The smallest absolute Gasteiger partial charge is 0.330 e. The van der Waals surface area contributed by atoms with Gasteiger partial charge in [-0.15, -0.1) is 0 Å². The lowest BCUT2D eigenvalue weighted by Crippen LogP contribution is -2.56. The van der Waals surface area contributed by atoms with Gasteiger partial charge in [0.25, 0.3) is 17.7 Å². The molecule has 3 amide bonds. The molecule has 0 spiro atoms. The minimum Gasteiger partial charge on any atom is -0.497 e. The molecule has 8 heteroatoms. The molecule has 0 aromatic heterocycles. The second kappa shape index (κ2) is 7.82.